The maximum atomic E-state index is 12.6. The summed E-state index contributed by atoms with van der Waals surface area (Å²) < 4.78 is 1.66. The Labute approximate surface area is 207 Å². The molecule has 2 aliphatic rings. The smallest absolute Gasteiger partial charge is 0.405 e. The highest BCUT2D eigenvalue weighted by Gasteiger charge is 2.35. The van der Waals surface area contributed by atoms with Crippen LogP contribution in [0, 0.1) is 0 Å². The Kier molecular flexibility index (Phi) is 5.79. The average molecular weight is 488 g/mol. The van der Waals surface area contributed by atoms with Gasteiger partial charge < -0.3 is 15.3 Å². The summed E-state index contributed by atoms with van der Waals surface area (Å²) in [6.45, 7) is 3.91. The molecule has 2 N–H and O–H groups in total. The molecule has 3 aromatic rings. The molecular formula is C26H25N5O5. The van der Waals surface area contributed by atoms with Crippen LogP contribution in [0.3, 0.4) is 0 Å². The van der Waals surface area contributed by atoms with E-state index in [1.165, 1.54) is 11.8 Å². The quantitative estimate of drug-likeness (QED) is 0.532. The van der Waals surface area contributed by atoms with Gasteiger partial charge in [0.25, 0.3) is 11.8 Å². The number of nitrogens with zero attached hydrogens (tertiary/aromatic N) is 4. The van der Waals surface area contributed by atoms with Crippen LogP contribution >= 0.6 is 0 Å². The molecule has 1 aromatic heterocycles. The predicted octanol–water partition coefficient (Wildman–Crippen LogP) is 3.30. The number of anilines is 1. The third-order valence-corrected chi connectivity index (χ3v) is 6.71. The molecule has 0 radical (unpaired) electrons. The summed E-state index contributed by atoms with van der Waals surface area (Å²) in [5, 5.41) is 16.3. The Morgan fingerprint density at radius 3 is 2.39 bits per heavy atom. The lowest BCUT2D eigenvalue weighted by Crippen LogP contribution is -2.45. The van der Waals surface area contributed by atoms with Crippen LogP contribution < -0.4 is 10.2 Å². The molecule has 0 bridgehead atoms. The summed E-state index contributed by atoms with van der Waals surface area (Å²) in [5.41, 5.74) is 3.84. The largest absolute Gasteiger partial charge is 0.465 e. The van der Waals surface area contributed by atoms with Crippen molar-refractivity contribution in [2.45, 2.75) is 38.9 Å². The fraction of sp³-hybridized carbons (Fsp3) is 0.269. The first kappa shape index (κ1) is 23.3. The van der Waals surface area contributed by atoms with Gasteiger partial charge in [-0.05, 0) is 48.7 Å². The maximum Gasteiger partial charge on any atom is 0.405 e. The molecule has 5 rings (SSSR count). The molecule has 0 aliphatic carbocycles. The van der Waals surface area contributed by atoms with E-state index in [0.29, 0.717) is 29.8 Å². The molecule has 2 atom stereocenters. The van der Waals surface area contributed by atoms with E-state index in [4.69, 9.17) is 0 Å². The van der Waals surface area contributed by atoms with Crippen LogP contribution in [-0.2, 0) is 11.3 Å². The lowest BCUT2D eigenvalue weighted by atomic mass is 9.89. The van der Waals surface area contributed by atoms with Crippen LogP contribution in [0.15, 0.2) is 54.9 Å². The Morgan fingerprint density at radius 2 is 1.75 bits per heavy atom. The van der Waals surface area contributed by atoms with Crippen molar-refractivity contribution >= 4 is 29.5 Å². The number of hydrogen-bond donors (Lipinski definition) is 2. The lowest BCUT2D eigenvalue weighted by molar-refractivity contribution is -0.117. The Hall–Kier alpha value is -4.47. The van der Waals surface area contributed by atoms with Gasteiger partial charge in [-0.2, -0.15) is 5.10 Å². The number of carboxylic acid groups (broad SMARTS) is 1. The van der Waals surface area contributed by atoms with Gasteiger partial charge in [0.1, 0.15) is 0 Å². The molecule has 36 heavy (non-hydrogen) atoms. The fourth-order valence-corrected chi connectivity index (χ4v) is 5.09. The summed E-state index contributed by atoms with van der Waals surface area (Å²) in [4.78, 5) is 51.8. The number of imide groups is 1. The number of amides is 4. The topological polar surface area (TPSA) is 125 Å². The van der Waals surface area contributed by atoms with E-state index in [-0.39, 0.29) is 30.3 Å². The number of nitrogens with one attached hydrogen (secondary N) is 1. The van der Waals surface area contributed by atoms with Gasteiger partial charge in [-0.1, -0.05) is 18.2 Å². The summed E-state index contributed by atoms with van der Waals surface area (Å²) >= 11 is 0. The average Bonchev–Trinajstić information content (AvgIpc) is 3.40. The molecule has 10 heteroatoms. The number of aromatic nitrogens is 2. The van der Waals surface area contributed by atoms with Crippen LogP contribution in [0.5, 0.6) is 0 Å². The minimum Gasteiger partial charge on any atom is -0.465 e. The van der Waals surface area contributed by atoms with E-state index in [1.54, 1.807) is 40.0 Å². The van der Waals surface area contributed by atoms with Gasteiger partial charge in [0.15, 0.2) is 0 Å². The summed E-state index contributed by atoms with van der Waals surface area (Å²) in [7, 11) is 0. The first-order valence-electron chi connectivity index (χ1n) is 11.7. The number of rotatable bonds is 5. The molecule has 2 aromatic carbocycles. The van der Waals surface area contributed by atoms with E-state index >= 15 is 0 Å². The molecular weight excluding hydrogens is 462 g/mol. The SMILES string of the molecule is CC(=O)N1c2ccc(-c3cnn(CCN4C(=O)c5ccccc5C4=O)c3)cc2[C@@H](NC(=O)O)C[C@H]1C. The van der Waals surface area contributed by atoms with Gasteiger partial charge in [0.05, 0.1) is 29.9 Å². The molecule has 0 unspecified atom stereocenters. The van der Waals surface area contributed by atoms with Crippen LogP contribution in [0.1, 0.15) is 52.6 Å². The van der Waals surface area contributed by atoms with Gasteiger partial charge in [0.2, 0.25) is 5.91 Å². The van der Waals surface area contributed by atoms with Crippen molar-refractivity contribution in [3.8, 4) is 11.1 Å². The van der Waals surface area contributed by atoms with E-state index in [0.717, 1.165) is 16.7 Å². The lowest BCUT2D eigenvalue weighted by Gasteiger charge is -2.39. The van der Waals surface area contributed by atoms with Crippen LogP contribution in [0.4, 0.5) is 10.5 Å². The van der Waals surface area contributed by atoms with Crippen molar-refractivity contribution in [3.05, 3.63) is 71.5 Å². The Morgan fingerprint density at radius 1 is 1.06 bits per heavy atom. The number of benzene rings is 2. The number of fused-ring (bicyclic) bond motifs is 2. The molecule has 0 saturated carbocycles. The monoisotopic (exact) mass is 487 g/mol. The van der Waals surface area contributed by atoms with Gasteiger partial charge in [-0.15, -0.1) is 0 Å². The summed E-state index contributed by atoms with van der Waals surface area (Å²) in [6, 6.07) is 11.7. The molecule has 4 amide bonds. The van der Waals surface area contributed by atoms with Gasteiger partial charge >= 0.3 is 6.09 Å². The van der Waals surface area contributed by atoms with Crippen molar-refractivity contribution in [1.29, 1.82) is 0 Å². The van der Waals surface area contributed by atoms with E-state index in [2.05, 4.69) is 10.4 Å². The van der Waals surface area contributed by atoms with Crippen LogP contribution in [-0.4, -0.2) is 56.2 Å². The zero-order valence-electron chi connectivity index (χ0n) is 19.8. The third-order valence-electron chi connectivity index (χ3n) is 6.71. The molecule has 0 fully saturated rings. The summed E-state index contributed by atoms with van der Waals surface area (Å²) in [5.74, 6) is -0.718. The molecule has 0 saturated heterocycles. The molecule has 184 valence electrons. The molecule has 2 aliphatic heterocycles. The van der Waals surface area contributed by atoms with Gasteiger partial charge in [0, 0.05) is 37.0 Å². The highest BCUT2D eigenvalue weighted by atomic mass is 16.4. The van der Waals surface area contributed by atoms with Crippen molar-refractivity contribution in [2.24, 2.45) is 0 Å². The zero-order chi connectivity index (χ0) is 25.6. The third kappa shape index (κ3) is 4.00. The minimum atomic E-state index is -1.12. The van der Waals surface area contributed by atoms with Crippen LogP contribution in [0.2, 0.25) is 0 Å². The van der Waals surface area contributed by atoms with E-state index < -0.39 is 12.1 Å². The number of carbonyl (C=O) groups excluding carboxylic acids is 3. The Balaban J connectivity index is 1.37. The number of carbonyl (C=O) groups is 4. The zero-order valence-corrected chi connectivity index (χ0v) is 19.8. The second-order valence-electron chi connectivity index (χ2n) is 9.05. The predicted molar refractivity (Wildman–Crippen MR) is 131 cm³/mol. The Bertz CT molecular complexity index is 1360. The maximum absolute atomic E-state index is 12.6. The highest BCUT2D eigenvalue weighted by molar-refractivity contribution is 6.21. The molecule has 0 spiro atoms. The van der Waals surface area contributed by atoms with Crippen molar-refractivity contribution in [3.63, 3.8) is 0 Å². The van der Waals surface area contributed by atoms with Crippen LogP contribution in [0.25, 0.3) is 11.1 Å². The first-order chi connectivity index (χ1) is 17.2. The van der Waals surface area contributed by atoms with Gasteiger partial charge in [-0.25, -0.2) is 4.79 Å². The van der Waals surface area contributed by atoms with Crippen molar-refractivity contribution < 1.29 is 24.3 Å². The molecule has 3 heterocycles. The second-order valence-corrected chi connectivity index (χ2v) is 9.05. The van der Waals surface area contributed by atoms with E-state index in [1.807, 2.05) is 31.3 Å². The van der Waals surface area contributed by atoms with Gasteiger partial charge in [-0.3, -0.25) is 24.0 Å². The standard InChI is InChI=1S/C26H25N5O5/c1-15-11-22(28-26(35)36)21-12-17(7-8-23(21)31(15)16(2)32)18-13-27-29(14-18)9-10-30-24(33)19-5-3-4-6-20(19)25(30)34/h3-8,12-15,22,28H,9-11H2,1-2H3,(H,35,36)/t15-,22+/m1/s1. The minimum absolute atomic E-state index is 0.105. The van der Waals surface area contributed by atoms with E-state index in [9.17, 15) is 24.3 Å². The normalized spacial score (nSPS) is 18.7. The number of hydrogen-bond acceptors (Lipinski definition) is 5. The highest BCUT2D eigenvalue weighted by Crippen LogP contribution is 2.39. The van der Waals surface area contributed by atoms with Crippen molar-refractivity contribution in [2.75, 3.05) is 11.4 Å². The molecule has 10 nitrogen and oxygen atoms in total. The fourth-order valence-electron chi connectivity index (χ4n) is 5.09. The first-order valence-corrected chi connectivity index (χ1v) is 11.7. The van der Waals surface area contributed by atoms with Crippen molar-refractivity contribution in [1.82, 2.24) is 20.0 Å². The second kappa shape index (κ2) is 8.95. The summed E-state index contributed by atoms with van der Waals surface area (Å²) in [6.07, 6.45) is 2.83.